The quantitative estimate of drug-likeness (QED) is 0.237. The van der Waals surface area contributed by atoms with Gasteiger partial charge in [-0.3, -0.25) is 0 Å². The standard InChI is InChI=1S/C31H32O4/c1-19-9-5-13-23(27(19)32)17-18-31(24-14-6-10-20(2)28(24)33,25-15-7-11-21(3)29(25)34)26-16-8-12-22(4)30(26)35/h5-16,32-35H,17-18H2,1-4H3. The van der Waals surface area contributed by atoms with Gasteiger partial charge in [-0.05, 0) is 68.4 Å². The summed E-state index contributed by atoms with van der Waals surface area (Å²) in [6, 6.07) is 22.3. The Kier molecular flexibility index (Phi) is 6.49. The van der Waals surface area contributed by atoms with Crippen molar-refractivity contribution in [2.24, 2.45) is 0 Å². The summed E-state index contributed by atoms with van der Waals surface area (Å²) in [5.74, 6) is 0.574. The first-order chi connectivity index (χ1) is 16.7. The molecule has 4 nitrogen and oxygen atoms in total. The highest BCUT2D eigenvalue weighted by molar-refractivity contribution is 5.64. The van der Waals surface area contributed by atoms with Crippen molar-refractivity contribution >= 4 is 0 Å². The Morgan fingerprint density at radius 3 is 1.23 bits per heavy atom. The van der Waals surface area contributed by atoms with Gasteiger partial charge in [-0.15, -0.1) is 0 Å². The zero-order valence-electron chi connectivity index (χ0n) is 20.6. The van der Waals surface area contributed by atoms with E-state index in [9.17, 15) is 20.4 Å². The summed E-state index contributed by atoms with van der Waals surface area (Å²) >= 11 is 0. The number of para-hydroxylation sites is 4. The fourth-order valence-electron chi connectivity index (χ4n) is 5.09. The molecule has 4 aromatic rings. The molecule has 0 heterocycles. The zero-order valence-corrected chi connectivity index (χ0v) is 20.6. The first-order valence-electron chi connectivity index (χ1n) is 11.8. The summed E-state index contributed by atoms with van der Waals surface area (Å²) in [5, 5.41) is 44.8. The summed E-state index contributed by atoms with van der Waals surface area (Å²) in [5.41, 5.74) is 4.31. The average molecular weight is 469 g/mol. The number of phenols is 4. The van der Waals surface area contributed by atoms with Crippen LogP contribution in [0.25, 0.3) is 0 Å². The van der Waals surface area contributed by atoms with Gasteiger partial charge in [0.25, 0.3) is 0 Å². The van der Waals surface area contributed by atoms with E-state index in [4.69, 9.17) is 0 Å². The molecule has 4 aromatic carbocycles. The van der Waals surface area contributed by atoms with Crippen LogP contribution in [-0.2, 0) is 11.8 Å². The molecule has 0 aliphatic heterocycles. The molecule has 0 aliphatic carbocycles. The summed E-state index contributed by atoms with van der Waals surface area (Å²) in [4.78, 5) is 0. The van der Waals surface area contributed by atoms with Gasteiger partial charge in [0, 0.05) is 16.7 Å². The molecule has 0 bridgehead atoms. The van der Waals surface area contributed by atoms with Crippen molar-refractivity contribution in [3.8, 4) is 23.0 Å². The average Bonchev–Trinajstić information content (AvgIpc) is 2.83. The molecule has 0 saturated carbocycles. The van der Waals surface area contributed by atoms with Gasteiger partial charge in [0.2, 0.25) is 0 Å². The van der Waals surface area contributed by atoms with E-state index in [1.807, 2.05) is 100 Å². The Bertz CT molecular complexity index is 1260. The summed E-state index contributed by atoms with van der Waals surface area (Å²) in [7, 11) is 0. The van der Waals surface area contributed by atoms with Gasteiger partial charge in [-0.25, -0.2) is 0 Å². The molecule has 0 aromatic heterocycles. The maximum Gasteiger partial charge on any atom is 0.122 e. The van der Waals surface area contributed by atoms with E-state index in [0.29, 0.717) is 46.2 Å². The van der Waals surface area contributed by atoms with Crippen LogP contribution in [0, 0.1) is 27.7 Å². The largest absolute Gasteiger partial charge is 0.507 e. The van der Waals surface area contributed by atoms with Crippen LogP contribution in [0.4, 0.5) is 0 Å². The van der Waals surface area contributed by atoms with Crippen molar-refractivity contribution in [1.29, 1.82) is 0 Å². The summed E-state index contributed by atoms with van der Waals surface area (Å²) in [6.07, 6.45) is 0.830. The molecule has 0 radical (unpaired) electrons. The molecule has 0 amide bonds. The molecule has 4 rings (SSSR count). The Morgan fingerprint density at radius 2 is 0.829 bits per heavy atom. The highest BCUT2D eigenvalue weighted by Crippen LogP contribution is 2.53. The fraction of sp³-hybridized carbons (Fsp3) is 0.226. The highest BCUT2D eigenvalue weighted by Gasteiger charge is 2.42. The predicted octanol–water partition coefficient (Wildman–Crippen LogP) is 6.71. The van der Waals surface area contributed by atoms with E-state index in [0.717, 1.165) is 11.1 Å². The van der Waals surface area contributed by atoms with Crippen molar-refractivity contribution in [2.75, 3.05) is 0 Å². The number of benzene rings is 4. The third-order valence-electron chi connectivity index (χ3n) is 7.18. The molecule has 0 aliphatic rings. The molecule has 180 valence electrons. The van der Waals surface area contributed by atoms with Gasteiger partial charge < -0.3 is 20.4 Å². The minimum Gasteiger partial charge on any atom is -0.507 e. The first-order valence-corrected chi connectivity index (χ1v) is 11.8. The van der Waals surface area contributed by atoms with Crippen molar-refractivity contribution in [3.05, 3.63) is 117 Å². The van der Waals surface area contributed by atoms with E-state index in [2.05, 4.69) is 0 Å². The monoisotopic (exact) mass is 468 g/mol. The van der Waals surface area contributed by atoms with Crippen molar-refractivity contribution in [3.63, 3.8) is 0 Å². The number of hydrogen-bond acceptors (Lipinski definition) is 4. The van der Waals surface area contributed by atoms with E-state index < -0.39 is 5.41 Å². The van der Waals surface area contributed by atoms with Crippen LogP contribution in [0.15, 0.2) is 72.8 Å². The third kappa shape index (κ3) is 4.10. The Labute approximate surface area is 206 Å². The van der Waals surface area contributed by atoms with Gasteiger partial charge in [0.05, 0.1) is 5.41 Å². The molecule has 0 atom stereocenters. The van der Waals surface area contributed by atoms with Crippen LogP contribution in [0.3, 0.4) is 0 Å². The lowest BCUT2D eigenvalue weighted by atomic mass is 9.64. The Morgan fingerprint density at radius 1 is 0.486 bits per heavy atom. The second-order valence-electron chi connectivity index (χ2n) is 9.40. The molecule has 4 heteroatoms. The highest BCUT2D eigenvalue weighted by atomic mass is 16.3. The predicted molar refractivity (Wildman–Crippen MR) is 140 cm³/mol. The zero-order chi connectivity index (χ0) is 25.3. The Hall–Kier alpha value is -3.92. The molecule has 0 unspecified atom stereocenters. The maximum atomic E-state index is 11.4. The lowest BCUT2D eigenvalue weighted by molar-refractivity contribution is 0.404. The number of phenolic OH excluding ortho intramolecular Hbond substituents is 4. The minimum absolute atomic E-state index is 0.114. The van der Waals surface area contributed by atoms with Gasteiger partial charge in [0.1, 0.15) is 23.0 Å². The van der Waals surface area contributed by atoms with Crippen molar-refractivity contribution in [2.45, 2.75) is 46.0 Å². The van der Waals surface area contributed by atoms with Crippen molar-refractivity contribution in [1.82, 2.24) is 0 Å². The minimum atomic E-state index is -1.10. The fourth-order valence-corrected chi connectivity index (χ4v) is 5.09. The lowest BCUT2D eigenvalue weighted by Crippen LogP contribution is -2.31. The van der Waals surface area contributed by atoms with Crippen LogP contribution in [-0.4, -0.2) is 20.4 Å². The normalized spacial score (nSPS) is 11.5. The van der Waals surface area contributed by atoms with Crippen LogP contribution >= 0.6 is 0 Å². The molecule has 4 N–H and O–H groups in total. The van der Waals surface area contributed by atoms with Gasteiger partial charge in [-0.1, -0.05) is 72.8 Å². The van der Waals surface area contributed by atoms with Crippen LogP contribution in [0.2, 0.25) is 0 Å². The number of rotatable bonds is 6. The second kappa shape index (κ2) is 9.38. The van der Waals surface area contributed by atoms with E-state index in [1.54, 1.807) is 0 Å². The van der Waals surface area contributed by atoms with Crippen LogP contribution in [0.5, 0.6) is 23.0 Å². The molecular weight excluding hydrogens is 436 g/mol. The number of aryl methyl sites for hydroxylation is 5. The smallest absolute Gasteiger partial charge is 0.122 e. The molecular formula is C31H32O4. The molecule has 35 heavy (non-hydrogen) atoms. The Balaban J connectivity index is 2.10. The summed E-state index contributed by atoms with van der Waals surface area (Å²) in [6.45, 7) is 7.36. The maximum absolute atomic E-state index is 11.4. The SMILES string of the molecule is Cc1cccc(CCC(c2cccc(C)c2O)(c2cccc(C)c2O)c2cccc(C)c2O)c1O. The van der Waals surface area contributed by atoms with E-state index in [-0.39, 0.29) is 23.0 Å². The number of aromatic hydroxyl groups is 4. The first kappa shape index (κ1) is 24.2. The topological polar surface area (TPSA) is 80.9 Å². The van der Waals surface area contributed by atoms with E-state index in [1.165, 1.54) is 0 Å². The second-order valence-corrected chi connectivity index (χ2v) is 9.40. The summed E-state index contributed by atoms with van der Waals surface area (Å²) < 4.78 is 0. The third-order valence-corrected chi connectivity index (χ3v) is 7.18. The van der Waals surface area contributed by atoms with Crippen LogP contribution < -0.4 is 0 Å². The number of hydrogen-bond donors (Lipinski definition) is 4. The van der Waals surface area contributed by atoms with Gasteiger partial charge >= 0.3 is 0 Å². The van der Waals surface area contributed by atoms with Crippen LogP contribution in [0.1, 0.15) is 50.9 Å². The van der Waals surface area contributed by atoms with Gasteiger partial charge in [0.15, 0.2) is 0 Å². The van der Waals surface area contributed by atoms with Crippen molar-refractivity contribution < 1.29 is 20.4 Å². The van der Waals surface area contributed by atoms with Gasteiger partial charge in [-0.2, -0.15) is 0 Å². The molecule has 0 saturated heterocycles. The van der Waals surface area contributed by atoms with E-state index >= 15 is 0 Å². The molecule has 0 fully saturated rings. The lowest BCUT2D eigenvalue weighted by Gasteiger charge is -2.38. The molecule has 0 spiro atoms.